The van der Waals surface area contributed by atoms with Gasteiger partial charge in [0, 0.05) is 24.5 Å². The maximum atomic E-state index is 14.2. The van der Waals surface area contributed by atoms with Gasteiger partial charge in [0.1, 0.15) is 0 Å². The average Bonchev–Trinajstić information content (AvgIpc) is 2.83. The Morgan fingerprint density at radius 1 is 1.23 bits per heavy atom. The Morgan fingerprint density at radius 2 is 1.96 bits per heavy atom. The number of aryl methyl sites for hydroxylation is 1. The first-order valence-corrected chi connectivity index (χ1v) is 9.76. The largest absolute Gasteiger partial charge is 0.379 e. The first-order chi connectivity index (χ1) is 12.2. The van der Waals surface area contributed by atoms with Crippen LogP contribution in [-0.4, -0.2) is 43.4 Å². The van der Waals surface area contributed by atoms with E-state index in [2.05, 4.69) is 5.10 Å². The van der Waals surface area contributed by atoms with Crippen molar-refractivity contribution in [2.24, 2.45) is 7.05 Å². The van der Waals surface area contributed by atoms with E-state index < -0.39 is 15.9 Å². The summed E-state index contributed by atoms with van der Waals surface area (Å²) in [5, 5.41) is 5.46. The third kappa shape index (κ3) is 3.71. The van der Waals surface area contributed by atoms with Crippen molar-refractivity contribution in [3.8, 4) is 16.9 Å². The van der Waals surface area contributed by atoms with Crippen molar-refractivity contribution in [2.45, 2.75) is 6.54 Å². The smallest absolute Gasteiger partial charge is 0.306 e. The van der Waals surface area contributed by atoms with Gasteiger partial charge in [-0.25, -0.2) is 4.39 Å². The summed E-state index contributed by atoms with van der Waals surface area (Å²) in [4.78, 5) is 2.01. The summed E-state index contributed by atoms with van der Waals surface area (Å²) >= 11 is 0. The fourth-order valence-electron chi connectivity index (χ4n) is 2.89. The lowest BCUT2D eigenvalue weighted by Crippen LogP contribution is -2.11. The van der Waals surface area contributed by atoms with Crippen LogP contribution in [0.1, 0.15) is 5.69 Å². The van der Waals surface area contributed by atoms with E-state index in [0.717, 1.165) is 22.9 Å². The molecule has 6 nitrogen and oxygen atoms in total. The van der Waals surface area contributed by atoms with Crippen molar-refractivity contribution < 1.29 is 17.0 Å². The zero-order valence-electron chi connectivity index (χ0n) is 15.0. The molecule has 0 fully saturated rings. The van der Waals surface area contributed by atoms with E-state index >= 15 is 0 Å². The lowest BCUT2D eigenvalue weighted by molar-refractivity contribution is 0.396. The Hall–Kier alpha value is -2.45. The van der Waals surface area contributed by atoms with Crippen LogP contribution in [0.4, 0.5) is 4.39 Å². The highest BCUT2D eigenvalue weighted by atomic mass is 32.2. The molecule has 0 saturated heterocycles. The molecule has 8 heteroatoms. The Morgan fingerprint density at radius 3 is 2.62 bits per heavy atom. The summed E-state index contributed by atoms with van der Waals surface area (Å²) in [5.41, 5.74) is 2.85. The van der Waals surface area contributed by atoms with Crippen LogP contribution in [0.15, 0.2) is 36.4 Å². The molecule has 0 unspecified atom stereocenters. The number of fused-ring (bicyclic) bond motifs is 1. The minimum Gasteiger partial charge on any atom is -0.379 e. The molecule has 0 radical (unpaired) electrons. The molecule has 3 aromatic rings. The Kier molecular flexibility index (Phi) is 4.72. The molecule has 0 amide bonds. The van der Waals surface area contributed by atoms with Crippen molar-refractivity contribution in [2.75, 3.05) is 20.4 Å². The first-order valence-electron chi connectivity index (χ1n) is 7.94. The molecule has 2 aromatic carbocycles. The molecule has 3 rings (SSSR count). The third-order valence-corrected chi connectivity index (χ3v) is 4.37. The molecule has 0 aliphatic rings. The van der Waals surface area contributed by atoms with Gasteiger partial charge in [-0.1, -0.05) is 18.2 Å². The Balaban J connectivity index is 2.19. The van der Waals surface area contributed by atoms with E-state index in [1.54, 1.807) is 16.8 Å². The van der Waals surface area contributed by atoms with E-state index in [-0.39, 0.29) is 5.75 Å². The summed E-state index contributed by atoms with van der Waals surface area (Å²) < 4.78 is 43.9. The minimum absolute atomic E-state index is 0.299. The summed E-state index contributed by atoms with van der Waals surface area (Å²) in [6.45, 7) is 0.649. The number of hydrogen-bond donors (Lipinski definition) is 0. The van der Waals surface area contributed by atoms with Gasteiger partial charge in [-0.2, -0.15) is 13.5 Å². The third-order valence-electron chi connectivity index (χ3n) is 3.91. The zero-order chi connectivity index (χ0) is 19.1. The van der Waals surface area contributed by atoms with Gasteiger partial charge in [-0.05, 0) is 37.9 Å². The lowest BCUT2D eigenvalue weighted by Gasteiger charge is -2.11. The van der Waals surface area contributed by atoms with E-state index in [9.17, 15) is 12.8 Å². The summed E-state index contributed by atoms with van der Waals surface area (Å²) in [7, 11) is 1.91. The summed E-state index contributed by atoms with van der Waals surface area (Å²) in [6, 6.07) is 9.88. The quantitative estimate of drug-likeness (QED) is 0.640. The van der Waals surface area contributed by atoms with E-state index in [4.69, 9.17) is 4.18 Å². The van der Waals surface area contributed by atoms with Crippen LogP contribution < -0.4 is 4.18 Å². The van der Waals surface area contributed by atoms with Crippen LogP contribution in [0, 0.1) is 5.82 Å². The highest BCUT2D eigenvalue weighted by molar-refractivity contribution is 7.86. The van der Waals surface area contributed by atoms with Crippen molar-refractivity contribution in [3.05, 3.63) is 47.9 Å². The highest BCUT2D eigenvalue weighted by Gasteiger charge is 2.18. The Labute approximate surface area is 151 Å². The predicted octanol–water partition coefficient (Wildman–Crippen LogP) is 2.78. The average molecular weight is 377 g/mol. The maximum Gasteiger partial charge on any atom is 0.306 e. The molecule has 0 N–H and O–H groups in total. The number of benzene rings is 2. The topological polar surface area (TPSA) is 64.4 Å². The van der Waals surface area contributed by atoms with Gasteiger partial charge in [0.25, 0.3) is 0 Å². The second-order valence-electron chi connectivity index (χ2n) is 6.44. The SMILES string of the molecule is CN(C)Cc1nn(C)c2ccc(-c3cccc(F)c3OS(C)(=O)=O)cc12. The maximum absolute atomic E-state index is 14.2. The number of para-hydroxylation sites is 1. The lowest BCUT2D eigenvalue weighted by atomic mass is 10.0. The highest BCUT2D eigenvalue weighted by Crippen LogP contribution is 2.35. The fraction of sp³-hybridized carbons (Fsp3) is 0.278. The number of halogens is 1. The van der Waals surface area contributed by atoms with Gasteiger partial charge in [-0.15, -0.1) is 0 Å². The molecule has 0 atom stereocenters. The number of nitrogens with zero attached hydrogens (tertiary/aromatic N) is 3. The first kappa shape index (κ1) is 18.3. The van der Waals surface area contributed by atoms with Crippen LogP contribution in [0.25, 0.3) is 22.0 Å². The summed E-state index contributed by atoms with van der Waals surface area (Å²) in [5.74, 6) is -1.03. The van der Waals surface area contributed by atoms with E-state index in [1.807, 2.05) is 38.2 Å². The molecule has 0 spiro atoms. The van der Waals surface area contributed by atoms with Crippen molar-refractivity contribution in [1.82, 2.24) is 14.7 Å². The molecular formula is C18H20FN3O3S. The molecule has 0 aliphatic carbocycles. The van der Waals surface area contributed by atoms with Crippen molar-refractivity contribution in [3.63, 3.8) is 0 Å². The van der Waals surface area contributed by atoms with Gasteiger partial charge < -0.3 is 9.08 Å². The number of hydrogen-bond acceptors (Lipinski definition) is 5. The molecule has 138 valence electrons. The molecule has 0 saturated carbocycles. The molecule has 0 aliphatic heterocycles. The normalized spacial score (nSPS) is 12.1. The van der Waals surface area contributed by atoms with Gasteiger partial charge in [0.2, 0.25) is 0 Å². The number of rotatable bonds is 5. The van der Waals surface area contributed by atoms with Crippen molar-refractivity contribution in [1.29, 1.82) is 0 Å². The second kappa shape index (κ2) is 6.69. The van der Waals surface area contributed by atoms with E-state index in [1.165, 1.54) is 12.1 Å². The molecule has 1 aromatic heterocycles. The van der Waals surface area contributed by atoms with Crippen LogP contribution in [0.5, 0.6) is 5.75 Å². The predicted molar refractivity (Wildman–Crippen MR) is 99.0 cm³/mol. The van der Waals surface area contributed by atoms with E-state index in [0.29, 0.717) is 17.7 Å². The van der Waals surface area contributed by atoms with Gasteiger partial charge >= 0.3 is 10.1 Å². The molecule has 26 heavy (non-hydrogen) atoms. The van der Waals surface area contributed by atoms with Crippen LogP contribution in [0.2, 0.25) is 0 Å². The van der Waals surface area contributed by atoms with Gasteiger partial charge in [0.15, 0.2) is 11.6 Å². The number of aromatic nitrogens is 2. The summed E-state index contributed by atoms with van der Waals surface area (Å²) in [6.07, 6.45) is 0.892. The molecule has 1 heterocycles. The van der Waals surface area contributed by atoms with Crippen LogP contribution in [0.3, 0.4) is 0 Å². The van der Waals surface area contributed by atoms with Gasteiger partial charge in [-0.3, -0.25) is 4.68 Å². The standard InChI is InChI=1S/C18H20FN3O3S/c1-21(2)11-16-14-10-12(8-9-17(14)22(3)20-16)13-6-5-7-15(19)18(13)25-26(4,23)24/h5-10H,11H2,1-4H3. The second-order valence-corrected chi connectivity index (χ2v) is 8.02. The van der Waals surface area contributed by atoms with Crippen LogP contribution >= 0.6 is 0 Å². The molecule has 0 bridgehead atoms. The zero-order valence-corrected chi connectivity index (χ0v) is 15.8. The fourth-order valence-corrected chi connectivity index (χ4v) is 3.37. The monoisotopic (exact) mass is 377 g/mol. The minimum atomic E-state index is -3.86. The van der Waals surface area contributed by atoms with Crippen molar-refractivity contribution >= 4 is 21.0 Å². The molecular weight excluding hydrogens is 357 g/mol. The van der Waals surface area contributed by atoms with Gasteiger partial charge in [0.05, 0.1) is 17.5 Å². The Bertz CT molecular complexity index is 1070. The van der Waals surface area contributed by atoms with Crippen LogP contribution in [-0.2, 0) is 23.7 Å².